The van der Waals surface area contributed by atoms with Crippen LogP contribution in [0.4, 0.5) is 9.50 Å². The number of nitrogens with zero attached hydrogens (tertiary/aromatic N) is 1. The zero-order valence-electron chi connectivity index (χ0n) is 45.3. The highest BCUT2D eigenvalue weighted by molar-refractivity contribution is 5.97. The SMILES string of the molecule is CC[C@H]1COC(=O)N1C(=O)[C@@H](CCC(=O)OC(C)(C)C)c1ccc(C)c(C)c1.Cc1ccc([C@@H](CO)CCC(=O)OC(C)(C)C)cc1C.Cc1ccc([C@H](CCC(=O)OC(C)(C)C)C(=O)O)cc1C.F.[3HH].[B]. The first-order valence-electron chi connectivity index (χ1n) is 24.1. The number of aryl methyl sites for hydroxylation is 6. The van der Waals surface area contributed by atoms with E-state index in [1.165, 1.54) is 16.0 Å². The topological polar surface area (TPSA) is 183 Å². The van der Waals surface area contributed by atoms with Gasteiger partial charge in [0.2, 0.25) is 5.91 Å². The third kappa shape index (κ3) is 23.0. The lowest BCUT2D eigenvalue weighted by molar-refractivity contribution is -0.156. The molecule has 0 bridgehead atoms. The molecule has 0 saturated carbocycles. The van der Waals surface area contributed by atoms with Gasteiger partial charge in [0, 0.05) is 41.6 Å². The van der Waals surface area contributed by atoms with Crippen molar-refractivity contribution in [3.63, 3.8) is 0 Å². The van der Waals surface area contributed by atoms with E-state index in [1.807, 2.05) is 119 Å². The predicted molar refractivity (Wildman–Crippen MR) is 279 cm³/mol. The fourth-order valence-corrected chi connectivity index (χ4v) is 7.40. The maximum absolute atomic E-state index is 13.3. The molecule has 3 aromatic rings. The Kier molecular flexibility index (Phi) is 26.8. The predicted octanol–water partition coefficient (Wildman–Crippen LogP) is 11.4. The molecule has 0 aromatic heterocycles. The molecule has 1 fully saturated rings. The van der Waals surface area contributed by atoms with E-state index in [0.29, 0.717) is 19.3 Å². The number of hydrogen-bond acceptors (Lipinski definition) is 11. The van der Waals surface area contributed by atoms with Crippen LogP contribution in [0.3, 0.4) is 0 Å². The van der Waals surface area contributed by atoms with E-state index in [1.54, 1.807) is 20.8 Å². The Morgan fingerprint density at radius 3 is 1.32 bits per heavy atom. The number of amides is 2. The smallest absolute Gasteiger partial charge is 0.416 e. The summed E-state index contributed by atoms with van der Waals surface area (Å²) in [6, 6.07) is 17.3. The van der Waals surface area contributed by atoms with Crippen LogP contribution in [0.15, 0.2) is 54.6 Å². The molecule has 71 heavy (non-hydrogen) atoms. The zero-order valence-corrected chi connectivity index (χ0v) is 45.3. The first-order valence-corrected chi connectivity index (χ1v) is 24.1. The minimum Gasteiger partial charge on any atom is -0.481 e. The molecule has 1 saturated heterocycles. The molecular formula is C56H84BFNO12. The number of carbonyl (C=O) groups is 6. The Hall–Kier alpha value is -5.57. The lowest BCUT2D eigenvalue weighted by Crippen LogP contribution is -2.41. The van der Waals surface area contributed by atoms with Crippen molar-refractivity contribution in [3.05, 3.63) is 105 Å². The summed E-state index contributed by atoms with van der Waals surface area (Å²) in [6.07, 6.45) is 1.67. The number of hydrogen-bond donors (Lipinski definition) is 2. The average Bonchev–Trinajstić information content (AvgIpc) is 3.60. The summed E-state index contributed by atoms with van der Waals surface area (Å²) in [4.78, 5) is 73.8. The Morgan fingerprint density at radius 1 is 0.620 bits per heavy atom. The number of esters is 3. The summed E-state index contributed by atoms with van der Waals surface area (Å²) in [5, 5.41) is 18.9. The number of imide groups is 1. The van der Waals surface area contributed by atoms with Gasteiger partial charge < -0.3 is 29.2 Å². The molecule has 1 aliphatic rings. The molecule has 3 radical (unpaired) electrons. The molecule has 13 nitrogen and oxygen atoms in total. The van der Waals surface area contributed by atoms with Gasteiger partial charge in [-0.15, -0.1) is 0 Å². The third-order valence-corrected chi connectivity index (χ3v) is 11.6. The fraction of sp³-hybridized carbons (Fsp3) is 0.571. The van der Waals surface area contributed by atoms with Gasteiger partial charge >= 0.3 is 30.0 Å². The van der Waals surface area contributed by atoms with E-state index in [2.05, 4.69) is 26.0 Å². The molecule has 395 valence electrons. The number of aliphatic carboxylic acids is 1. The molecule has 3 aromatic carbocycles. The van der Waals surface area contributed by atoms with Gasteiger partial charge in [0.15, 0.2) is 0 Å². The Balaban J connectivity index is 0. The van der Waals surface area contributed by atoms with E-state index in [9.17, 15) is 39.0 Å². The highest BCUT2D eigenvalue weighted by Gasteiger charge is 2.40. The fourth-order valence-electron chi connectivity index (χ4n) is 7.40. The molecule has 0 unspecified atom stereocenters. The van der Waals surface area contributed by atoms with E-state index in [4.69, 9.17) is 18.9 Å². The molecule has 15 heteroatoms. The number of rotatable bonds is 16. The van der Waals surface area contributed by atoms with E-state index in [-0.39, 0.29) is 89.2 Å². The minimum atomic E-state index is -0.915. The van der Waals surface area contributed by atoms with Crippen molar-refractivity contribution >= 4 is 44.3 Å². The van der Waals surface area contributed by atoms with Crippen LogP contribution in [-0.4, -0.2) is 95.5 Å². The lowest BCUT2D eigenvalue weighted by atomic mass is 9.90. The molecule has 1 aliphatic heterocycles. The minimum absolute atomic E-state index is 0. The standard InChI is InChI=1S/C22H31NO5.C17H24O4.C17H26O3.B.FH.H2/c1-7-17-13-27-21(26)23(17)20(25)18(10-11-19(24)28-22(4,5)6)16-9-8-14(2)15(3)12-16;1-11-6-7-13(10-12(11)2)14(16(19)20)8-9-15(18)21-17(3,4)5;1-12-6-7-14(10-13(12)2)15(11-18)8-9-16(19)20-17(3,4)5;;;/h8-9,12,17-18H,7,10-11,13H2,1-6H3;6-7,10,14H,8-9H2,1-5H3,(H,19,20);6-7,10,15,18H,8-9,11H2,1-5H3;;2*1H/t17-,18-;14-;15-;;;/m001.../s1/i;;;;;1+2. The average molecular weight is 995 g/mol. The summed E-state index contributed by atoms with van der Waals surface area (Å²) >= 11 is 0. The number of benzene rings is 3. The van der Waals surface area contributed by atoms with Crippen molar-refractivity contribution in [1.82, 2.24) is 4.90 Å². The van der Waals surface area contributed by atoms with Crippen molar-refractivity contribution in [3.8, 4) is 0 Å². The number of carboxylic acids is 1. The lowest BCUT2D eigenvalue weighted by Gasteiger charge is -2.25. The maximum atomic E-state index is 13.3. The molecule has 0 spiro atoms. The molecule has 4 atom stereocenters. The maximum Gasteiger partial charge on any atom is 0.416 e. The van der Waals surface area contributed by atoms with Crippen molar-refractivity contribution in [2.45, 2.75) is 196 Å². The van der Waals surface area contributed by atoms with Crippen molar-refractivity contribution in [2.75, 3.05) is 13.2 Å². The van der Waals surface area contributed by atoms with Crippen LogP contribution in [0.1, 0.15) is 183 Å². The zero-order chi connectivity index (χ0) is 52.6. The first kappa shape index (κ1) is 65.4. The summed E-state index contributed by atoms with van der Waals surface area (Å²) < 4.78 is 21.0. The van der Waals surface area contributed by atoms with Gasteiger partial charge in [-0.3, -0.25) is 28.7 Å². The molecule has 2 amide bonds. The summed E-state index contributed by atoms with van der Waals surface area (Å²) in [7, 11) is 0. The van der Waals surface area contributed by atoms with Crippen molar-refractivity contribution in [2.24, 2.45) is 0 Å². The van der Waals surface area contributed by atoms with Crippen LogP contribution in [0.25, 0.3) is 0 Å². The molecule has 0 aliphatic carbocycles. The van der Waals surface area contributed by atoms with Crippen LogP contribution < -0.4 is 0 Å². The van der Waals surface area contributed by atoms with Crippen LogP contribution in [0, 0.1) is 41.5 Å². The van der Waals surface area contributed by atoms with Gasteiger partial charge in [0.25, 0.3) is 0 Å². The van der Waals surface area contributed by atoms with Crippen molar-refractivity contribution < 1.29 is 64.1 Å². The Morgan fingerprint density at radius 2 is 0.972 bits per heavy atom. The molecule has 2 N–H and O–H groups in total. The summed E-state index contributed by atoms with van der Waals surface area (Å²) in [5.41, 5.74) is 7.82. The van der Waals surface area contributed by atoms with Gasteiger partial charge in [0.05, 0.1) is 17.9 Å². The molecule has 1 heterocycles. The van der Waals surface area contributed by atoms with Gasteiger partial charge in [-0.25, -0.2) is 9.69 Å². The normalized spacial score (nSPS) is 14.6. The van der Waals surface area contributed by atoms with Gasteiger partial charge in [-0.2, -0.15) is 0 Å². The summed E-state index contributed by atoms with van der Waals surface area (Å²) in [5.74, 6) is -3.46. The monoisotopic (exact) mass is 995 g/mol. The van der Waals surface area contributed by atoms with Crippen molar-refractivity contribution in [1.29, 1.82) is 0 Å². The van der Waals surface area contributed by atoms with E-state index in [0.717, 1.165) is 38.9 Å². The highest BCUT2D eigenvalue weighted by Crippen LogP contribution is 2.31. The van der Waals surface area contributed by atoms with Crippen LogP contribution in [0.5, 0.6) is 0 Å². The van der Waals surface area contributed by atoms with Gasteiger partial charge in [-0.05, 0) is 180 Å². The quantitative estimate of drug-likeness (QED) is 0.0788. The number of carboxylic acid groups (broad SMARTS) is 1. The first-order chi connectivity index (χ1) is 31.9. The molecule has 4 rings (SSSR count). The third-order valence-electron chi connectivity index (χ3n) is 11.6. The number of ether oxygens (including phenoxy) is 4. The number of carbonyl (C=O) groups excluding carboxylic acids is 5. The second-order valence-electron chi connectivity index (χ2n) is 21.1. The largest absolute Gasteiger partial charge is 0.481 e. The Labute approximate surface area is 426 Å². The molecular weight excluding hydrogens is 908 g/mol. The number of cyclic esters (lactones) is 1. The second kappa shape index (κ2) is 29.1. The van der Waals surface area contributed by atoms with Crippen LogP contribution in [0.2, 0.25) is 0 Å². The summed E-state index contributed by atoms with van der Waals surface area (Å²) in [6.45, 7) is 30.6. The highest BCUT2D eigenvalue weighted by atomic mass is 19.0. The van der Waals surface area contributed by atoms with Gasteiger partial charge in [0.1, 0.15) is 23.4 Å². The van der Waals surface area contributed by atoms with Crippen LogP contribution in [-0.2, 0) is 42.9 Å². The number of aliphatic hydroxyl groups is 1. The Bertz CT molecular complexity index is 2250. The van der Waals surface area contributed by atoms with Gasteiger partial charge in [-0.1, -0.05) is 61.5 Å². The van der Waals surface area contributed by atoms with E-state index < -0.39 is 40.7 Å². The second-order valence-corrected chi connectivity index (χ2v) is 21.1. The number of aliphatic hydroxyl groups excluding tert-OH is 1. The number of halogens is 1. The van der Waals surface area contributed by atoms with E-state index >= 15 is 0 Å². The van der Waals surface area contributed by atoms with Crippen LogP contribution >= 0.6 is 0 Å².